The number of aromatic nitrogens is 1. The van der Waals surface area contributed by atoms with Crippen LogP contribution in [0.1, 0.15) is 22.9 Å². The molecule has 0 spiro atoms. The lowest BCUT2D eigenvalue weighted by molar-refractivity contribution is 0.174. The average Bonchev–Trinajstić information content (AvgIpc) is 3.59. The van der Waals surface area contributed by atoms with Crippen LogP contribution in [0.2, 0.25) is 0 Å². The van der Waals surface area contributed by atoms with E-state index in [9.17, 15) is 0 Å². The van der Waals surface area contributed by atoms with Gasteiger partial charge in [0.2, 0.25) is 11.9 Å². The molecule has 1 atom stereocenters. The Bertz CT molecular complexity index is 1220. The van der Waals surface area contributed by atoms with Gasteiger partial charge in [-0.1, -0.05) is 42.5 Å². The molecule has 0 bridgehead atoms. The van der Waals surface area contributed by atoms with Gasteiger partial charge in [-0.15, -0.1) is 22.7 Å². The number of nitrogens with zero attached hydrogens (tertiary/aromatic N) is 3. The van der Waals surface area contributed by atoms with Crippen LogP contribution in [0.15, 0.2) is 76.5 Å². The lowest BCUT2D eigenvalue weighted by Crippen LogP contribution is -2.18. The van der Waals surface area contributed by atoms with E-state index in [2.05, 4.69) is 52.2 Å². The first-order chi connectivity index (χ1) is 14.8. The van der Waals surface area contributed by atoms with Gasteiger partial charge in [-0.2, -0.15) is 5.10 Å². The number of benzene rings is 2. The summed E-state index contributed by atoms with van der Waals surface area (Å²) in [7, 11) is 0. The van der Waals surface area contributed by atoms with Crippen molar-refractivity contribution in [3.63, 3.8) is 0 Å². The number of anilines is 1. The van der Waals surface area contributed by atoms with Crippen molar-refractivity contribution in [3.8, 4) is 22.8 Å². The number of thiophene rings is 1. The van der Waals surface area contributed by atoms with Crippen molar-refractivity contribution in [1.29, 1.82) is 0 Å². The summed E-state index contributed by atoms with van der Waals surface area (Å²) in [6.45, 7) is 0.275. The molecule has 0 saturated heterocycles. The lowest BCUT2D eigenvalue weighted by Gasteiger charge is -2.21. The number of rotatable bonds is 4. The fraction of sp³-hybridized carbons (Fsp3) is 0.130. The maximum absolute atomic E-state index is 5.61. The summed E-state index contributed by atoms with van der Waals surface area (Å²) < 4.78 is 11.1. The molecule has 0 aliphatic carbocycles. The van der Waals surface area contributed by atoms with Crippen molar-refractivity contribution in [1.82, 2.24) is 4.98 Å². The van der Waals surface area contributed by atoms with Crippen LogP contribution in [0.3, 0.4) is 0 Å². The van der Waals surface area contributed by atoms with Crippen LogP contribution in [0.4, 0.5) is 5.13 Å². The molecule has 4 aromatic rings. The third kappa shape index (κ3) is 3.07. The fourth-order valence-electron chi connectivity index (χ4n) is 3.77. The molecule has 2 aromatic heterocycles. The number of hydrazone groups is 1. The van der Waals surface area contributed by atoms with Gasteiger partial charge in [0.1, 0.15) is 0 Å². The third-order valence-electron chi connectivity index (χ3n) is 5.25. The summed E-state index contributed by atoms with van der Waals surface area (Å²) in [5, 5.41) is 12.1. The van der Waals surface area contributed by atoms with Crippen LogP contribution in [-0.4, -0.2) is 17.5 Å². The zero-order chi connectivity index (χ0) is 19.9. The monoisotopic (exact) mass is 431 g/mol. The van der Waals surface area contributed by atoms with Gasteiger partial charge in [0.05, 0.1) is 22.3 Å². The van der Waals surface area contributed by atoms with Gasteiger partial charge in [0, 0.05) is 17.4 Å². The Morgan fingerprint density at radius 1 is 0.933 bits per heavy atom. The van der Waals surface area contributed by atoms with Crippen molar-refractivity contribution in [2.24, 2.45) is 5.10 Å². The van der Waals surface area contributed by atoms with Gasteiger partial charge >= 0.3 is 0 Å². The quantitative estimate of drug-likeness (QED) is 0.400. The van der Waals surface area contributed by atoms with E-state index in [0.29, 0.717) is 0 Å². The second-order valence-electron chi connectivity index (χ2n) is 7.08. The molecule has 4 heterocycles. The summed E-state index contributed by atoms with van der Waals surface area (Å²) in [5.41, 5.74) is 4.32. The average molecular weight is 432 g/mol. The Morgan fingerprint density at radius 3 is 2.70 bits per heavy atom. The topological polar surface area (TPSA) is 47.0 Å². The number of fused-ring (bicyclic) bond motifs is 1. The van der Waals surface area contributed by atoms with Crippen molar-refractivity contribution in [2.75, 3.05) is 11.8 Å². The summed E-state index contributed by atoms with van der Waals surface area (Å²) in [6.07, 6.45) is 0.820. The van der Waals surface area contributed by atoms with Crippen LogP contribution in [0, 0.1) is 0 Å². The van der Waals surface area contributed by atoms with Gasteiger partial charge in [-0.25, -0.2) is 9.99 Å². The first-order valence-corrected chi connectivity index (χ1v) is 11.4. The highest BCUT2D eigenvalue weighted by atomic mass is 32.1. The van der Waals surface area contributed by atoms with Crippen molar-refractivity contribution < 1.29 is 9.47 Å². The molecule has 148 valence electrons. The Labute approximate surface area is 181 Å². The smallest absolute Gasteiger partial charge is 0.231 e. The molecule has 6 rings (SSSR count). The first kappa shape index (κ1) is 17.7. The zero-order valence-corrected chi connectivity index (χ0v) is 17.5. The molecule has 0 N–H and O–H groups in total. The summed E-state index contributed by atoms with van der Waals surface area (Å²) in [5.74, 6) is 1.59. The molecule has 0 fully saturated rings. The second kappa shape index (κ2) is 7.27. The minimum atomic E-state index is 0.0615. The molecule has 30 heavy (non-hydrogen) atoms. The molecular formula is C23H17N3O2S2. The molecule has 0 radical (unpaired) electrons. The molecule has 7 heteroatoms. The van der Waals surface area contributed by atoms with E-state index in [-0.39, 0.29) is 12.8 Å². The highest BCUT2D eigenvalue weighted by Gasteiger charge is 2.33. The van der Waals surface area contributed by atoms with E-state index < -0.39 is 0 Å². The van der Waals surface area contributed by atoms with Crippen LogP contribution >= 0.6 is 22.7 Å². The van der Waals surface area contributed by atoms with E-state index in [1.807, 2.05) is 24.3 Å². The Morgan fingerprint density at radius 2 is 1.83 bits per heavy atom. The van der Waals surface area contributed by atoms with Gasteiger partial charge in [-0.05, 0) is 29.1 Å². The number of hydrogen-bond donors (Lipinski definition) is 0. The predicted octanol–water partition coefficient (Wildman–Crippen LogP) is 5.96. The van der Waals surface area contributed by atoms with Gasteiger partial charge in [0.15, 0.2) is 11.5 Å². The maximum Gasteiger partial charge on any atom is 0.231 e. The maximum atomic E-state index is 5.61. The van der Waals surface area contributed by atoms with Crippen molar-refractivity contribution in [3.05, 3.63) is 81.9 Å². The first-order valence-electron chi connectivity index (χ1n) is 9.66. The molecule has 2 aliphatic rings. The predicted molar refractivity (Wildman–Crippen MR) is 121 cm³/mol. The fourth-order valence-corrected chi connectivity index (χ4v) is 5.32. The molecule has 0 amide bonds. The van der Waals surface area contributed by atoms with Crippen LogP contribution in [0.5, 0.6) is 11.5 Å². The van der Waals surface area contributed by atoms with E-state index in [1.54, 1.807) is 22.7 Å². The standard InChI is InChI=1S/C23H17N3O2S2/c1-2-5-15(6-3-1)18-13-30-23(24-18)26-19(12-17(25-26)22-7-4-10-29-22)16-8-9-20-21(11-16)28-14-27-20/h1-11,13,19H,12,14H2. The Hall–Kier alpha value is -3.16. The minimum absolute atomic E-state index is 0.0615. The lowest BCUT2D eigenvalue weighted by atomic mass is 10.0. The summed E-state index contributed by atoms with van der Waals surface area (Å²) in [4.78, 5) is 6.11. The molecule has 5 nitrogen and oxygen atoms in total. The van der Waals surface area contributed by atoms with Gasteiger partial charge in [-0.3, -0.25) is 0 Å². The molecule has 2 aliphatic heterocycles. The van der Waals surface area contributed by atoms with Gasteiger partial charge in [0.25, 0.3) is 0 Å². The largest absolute Gasteiger partial charge is 0.454 e. The highest BCUT2D eigenvalue weighted by Crippen LogP contribution is 2.42. The number of ether oxygens (including phenoxy) is 2. The summed E-state index contributed by atoms with van der Waals surface area (Å²) >= 11 is 3.34. The highest BCUT2D eigenvalue weighted by molar-refractivity contribution is 7.14. The molecule has 0 saturated carbocycles. The molecule has 1 unspecified atom stereocenters. The minimum Gasteiger partial charge on any atom is -0.454 e. The summed E-state index contributed by atoms with van der Waals surface area (Å²) in [6, 6.07) is 20.7. The van der Waals surface area contributed by atoms with Crippen LogP contribution in [0.25, 0.3) is 11.3 Å². The van der Waals surface area contributed by atoms with Crippen LogP contribution < -0.4 is 14.5 Å². The number of hydrogen-bond acceptors (Lipinski definition) is 7. The Balaban J connectivity index is 1.39. The molecule has 2 aromatic carbocycles. The van der Waals surface area contributed by atoms with E-state index >= 15 is 0 Å². The van der Waals surface area contributed by atoms with Gasteiger partial charge < -0.3 is 9.47 Å². The normalized spacial score (nSPS) is 17.4. The second-order valence-corrected chi connectivity index (χ2v) is 8.87. The van der Waals surface area contributed by atoms with E-state index in [1.165, 1.54) is 4.88 Å². The SMILES string of the molecule is c1ccc(-c2csc(N3N=C(c4cccs4)CC3c3ccc4c(c3)OCO4)n2)cc1. The zero-order valence-electron chi connectivity index (χ0n) is 15.9. The molecular weight excluding hydrogens is 414 g/mol. The number of thiazole rings is 1. The van der Waals surface area contributed by atoms with E-state index in [0.717, 1.165) is 45.6 Å². The van der Waals surface area contributed by atoms with Crippen molar-refractivity contribution >= 4 is 33.5 Å². The van der Waals surface area contributed by atoms with Crippen molar-refractivity contribution in [2.45, 2.75) is 12.5 Å². The Kier molecular flexibility index (Phi) is 4.28. The van der Waals surface area contributed by atoms with Crippen LogP contribution in [-0.2, 0) is 0 Å². The van der Waals surface area contributed by atoms with E-state index in [4.69, 9.17) is 19.6 Å². The third-order valence-corrected chi connectivity index (χ3v) is 7.00.